The Hall–Kier alpha value is -3.42. The molecular weight excluding hydrogens is 328 g/mol. The van der Waals surface area contributed by atoms with Crippen molar-refractivity contribution in [1.29, 1.82) is 0 Å². The van der Waals surface area contributed by atoms with E-state index in [1.165, 1.54) is 36.4 Å². The number of nitrogens with one attached hydrogen (secondary N) is 1. The van der Waals surface area contributed by atoms with Crippen molar-refractivity contribution in [2.24, 2.45) is 0 Å². The van der Waals surface area contributed by atoms with E-state index in [0.29, 0.717) is 11.3 Å². The van der Waals surface area contributed by atoms with E-state index < -0.39 is 17.0 Å². The molecule has 0 saturated carbocycles. The summed E-state index contributed by atoms with van der Waals surface area (Å²) in [7, 11) is 0. The minimum atomic E-state index is -0.624. The molecule has 0 aliphatic heterocycles. The van der Waals surface area contributed by atoms with Gasteiger partial charge in [-0.05, 0) is 37.3 Å². The van der Waals surface area contributed by atoms with Crippen LogP contribution in [0.4, 0.5) is 16.2 Å². The standard InChI is InChI=1S/C17H16N2O6/c1-2-24-17(21)18-14-9-7-12(8-10-14)16(20)25-11-13-5-3-4-6-15(13)19(22)23/h3-10H,2,11H2,1H3,(H,18,21). The zero-order valence-electron chi connectivity index (χ0n) is 13.4. The topological polar surface area (TPSA) is 108 Å². The number of hydrogen-bond acceptors (Lipinski definition) is 6. The zero-order valence-corrected chi connectivity index (χ0v) is 13.4. The summed E-state index contributed by atoms with van der Waals surface area (Å²) < 4.78 is 9.85. The molecule has 0 saturated heterocycles. The molecule has 0 aliphatic rings. The SMILES string of the molecule is CCOC(=O)Nc1ccc(C(=O)OCc2ccccc2[N+](=O)[O-])cc1. The van der Waals surface area contributed by atoms with Crippen molar-refractivity contribution in [1.82, 2.24) is 0 Å². The highest BCUT2D eigenvalue weighted by Crippen LogP contribution is 2.19. The van der Waals surface area contributed by atoms with E-state index in [4.69, 9.17) is 9.47 Å². The van der Waals surface area contributed by atoms with Gasteiger partial charge in [0.2, 0.25) is 0 Å². The summed E-state index contributed by atoms with van der Waals surface area (Å²) in [6.07, 6.45) is -0.589. The molecule has 0 spiro atoms. The second kappa shape index (κ2) is 8.44. The lowest BCUT2D eigenvalue weighted by atomic mass is 10.2. The molecule has 1 N–H and O–H groups in total. The predicted octanol–water partition coefficient (Wildman–Crippen LogP) is 3.52. The van der Waals surface area contributed by atoms with Gasteiger partial charge < -0.3 is 9.47 Å². The summed E-state index contributed by atoms with van der Waals surface area (Å²) >= 11 is 0. The number of hydrogen-bond donors (Lipinski definition) is 1. The molecule has 130 valence electrons. The molecular formula is C17H16N2O6. The molecule has 1 amide bonds. The molecule has 0 heterocycles. The highest BCUT2D eigenvalue weighted by Gasteiger charge is 2.15. The molecule has 8 nitrogen and oxygen atoms in total. The molecule has 0 radical (unpaired) electrons. The van der Waals surface area contributed by atoms with Gasteiger partial charge in [-0.25, -0.2) is 9.59 Å². The number of nitro groups is 1. The summed E-state index contributed by atoms with van der Waals surface area (Å²) in [6.45, 7) is 1.73. The van der Waals surface area contributed by atoms with Gasteiger partial charge in [0.1, 0.15) is 6.61 Å². The average Bonchev–Trinajstić information content (AvgIpc) is 2.60. The van der Waals surface area contributed by atoms with E-state index in [0.717, 1.165) is 0 Å². The minimum absolute atomic E-state index is 0.107. The van der Waals surface area contributed by atoms with Crippen molar-refractivity contribution >= 4 is 23.4 Å². The van der Waals surface area contributed by atoms with Gasteiger partial charge in [0, 0.05) is 11.8 Å². The highest BCUT2D eigenvalue weighted by molar-refractivity contribution is 5.91. The van der Waals surface area contributed by atoms with Crippen LogP contribution >= 0.6 is 0 Å². The van der Waals surface area contributed by atoms with Crippen LogP contribution in [0.2, 0.25) is 0 Å². The largest absolute Gasteiger partial charge is 0.457 e. The highest BCUT2D eigenvalue weighted by atomic mass is 16.6. The van der Waals surface area contributed by atoms with Crippen molar-refractivity contribution in [2.45, 2.75) is 13.5 Å². The smallest absolute Gasteiger partial charge is 0.411 e. The average molecular weight is 344 g/mol. The Morgan fingerprint density at radius 2 is 1.76 bits per heavy atom. The number of nitro benzene ring substituents is 1. The Morgan fingerprint density at radius 3 is 2.40 bits per heavy atom. The fraction of sp³-hybridized carbons (Fsp3) is 0.176. The number of para-hydroxylation sites is 1. The van der Waals surface area contributed by atoms with Crippen LogP contribution in [-0.2, 0) is 16.1 Å². The fourth-order valence-corrected chi connectivity index (χ4v) is 2.01. The van der Waals surface area contributed by atoms with E-state index in [1.54, 1.807) is 19.1 Å². The molecule has 0 aliphatic carbocycles. The molecule has 25 heavy (non-hydrogen) atoms. The molecule has 2 aromatic rings. The lowest BCUT2D eigenvalue weighted by Gasteiger charge is -2.07. The van der Waals surface area contributed by atoms with Crippen molar-refractivity contribution in [2.75, 3.05) is 11.9 Å². The second-order valence-corrected chi connectivity index (χ2v) is 4.88. The zero-order chi connectivity index (χ0) is 18.2. The van der Waals surface area contributed by atoms with Gasteiger partial charge in [-0.2, -0.15) is 0 Å². The van der Waals surface area contributed by atoms with Gasteiger partial charge in [-0.1, -0.05) is 12.1 Å². The first kappa shape index (κ1) is 17.9. The van der Waals surface area contributed by atoms with Crippen molar-refractivity contribution in [3.8, 4) is 0 Å². The van der Waals surface area contributed by atoms with Crippen LogP contribution in [0.1, 0.15) is 22.8 Å². The Labute approximate surface area is 143 Å². The van der Waals surface area contributed by atoms with E-state index in [2.05, 4.69) is 5.32 Å². The van der Waals surface area contributed by atoms with Crippen LogP contribution in [0.15, 0.2) is 48.5 Å². The van der Waals surface area contributed by atoms with E-state index in [-0.39, 0.29) is 24.5 Å². The molecule has 8 heteroatoms. The number of ether oxygens (including phenoxy) is 2. The maximum Gasteiger partial charge on any atom is 0.411 e. The number of nitrogens with zero attached hydrogens (tertiary/aromatic N) is 1. The maximum absolute atomic E-state index is 12.0. The van der Waals surface area contributed by atoms with Crippen LogP contribution in [0.3, 0.4) is 0 Å². The number of esters is 1. The third kappa shape index (κ3) is 5.03. The van der Waals surface area contributed by atoms with E-state index >= 15 is 0 Å². The van der Waals surface area contributed by atoms with Crippen LogP contribution in [0.25, 0.3) is 0 Å². The van der Waals surface area contributed by atoms with Gasteiger partial charge in [0.15, 0.2) is 0 Å². The van der Waals surface area contributed by atoms with Gasteiger partial charge in [-0.15, -0.1) is 0 Å². The first-order chi connectivity index (χ1) is 12.0. The Balaban J connectivity index is 1.97. The first-order valence-corrected chi connectivity index (χ1v) is 7.44. The van der Waals surface area contributed by atoms with Gasteiger partial charge >= 0.3 is 12.1 Å². The third-order valence-electron chi connectivity index (χ3n) is 3.19. The van der Waals surface area contributed by atoms with Crippen molar-refractivity contribution < 1.29 is 24.0 Å². The Kier molecular flexibility index (Phi) is 6.05. The monoisotopic (exact) mass is 344 g/mol. The molecule has 0 aromatic heterocycles. The molecule has 2 rings (SSSR count). The Bertz CT molecular complexity index is 773. The summed E-state index contributed by atoms with van der Waals surface area (Å²) in [4.78, 5) is 33.7. The summed E-state index contributed by atoms with van der Waals surface area (Å²) in [6, 6.07) is 12.0. The normalized spacial score (nSPS) is 9.96. The predicted molar refractivity (Wildman–Crippen MR) is 89.3 cm³/mol. The van der Waals surface area contributed by atoms with Crippen molar-refractivity contribution in [3.05, 3.63) is 69.8 Å². The number of benzene rings is 2. The number of amides is 1. The summed E-state index contributed by atoms with van der Waals surface area (Å²) in [5, 5.41) is 13.4. The van der Waals surface area contributed by atoms with Crippen LogP contribution in [0.5, 0.6) is 0 Å². The van der Waals surface area contributed by atoms with E-state index in [9.17, 15) is 19.7 Å². The van der Waals surface area contributed by atoms with Crippen LogP contribution in [0, 0.1) is 10.1 Å². The van der Waals surface area contributed by atoms with Gasteiger partial charge in [0.25, 0.3) is 5.69 Å². The second-order valence-electron chi connectivity index (χ2n) is 4.88. The third-order valence-corrected chi connectivity index (χ3v) is 3.19. The number of rotatable bonds is 6. The Morgan fingerprint density at radius 1 is 1.08 bits per heavy atom. The first-order valence-electron chi connectivity index (χ1n) is 7.44. The minimum Gasteiger partial charge on any atom is -0.457 e. The molecule has 0 fully saturated rings. The quantitative estimate of drug-likeness (QED) is 0.488. The number of carbonyl (C=O) groups is 2. The summed E-state index contributed by atoms with van der Waals surface area (Å²) in [5.74, 6) is -0.624. The fourth-order valence-electron chi connectivity index (χ4n) is 2.01. The van der Waals surface area contributed by atoms with Crippen LogP contribution in [-0.4, -0.2) is 23.6 Å². The molecule has 0 atom stereocenters. The van der Waals surface area contributed by atoms with Gasteiger partial charge in [-0.3, -0.25) is 15.4 Å². The van der Waals surface area contributed by atoms with Crippen LogP contribution < -0.4 is 5.32 Å². The lowest BCUT2D eigenvalue weighted by molar-refractivity contribution is -0.385. The number of carbonyl (C=O) groups excluding carboxylic acids is 2. The number of anilines is 1. The maximum atomic E-state index is 12.0. The van der Waals surface area contributed by atoms with Crippen molar-refractivity contribution in [3.63, 3.8) is 0 Å². The molecule has 0 unspecified atom stereocenters. The summed E-state index contributed by atoms with van der Waals surface area (Å²) in [5.41, 5.74) is 0.924. The van der Waals surface area contributed by atoms with Gasteiger partial charge in [0.05, 0.1) is 22.7 Å². The van der Waals surface area contributed by atoms with E-state index in [1.807, 2.05) is 0 Å². The molecule has 2 aromatic carbocycles. The molecule has 0 bridgehead atoms. The lowest BCUT2D eigenvalue weighted by Crippen LogP contribution is -2.13.